The average Bonchev–Trinajstić information content (AvgIpc) is 2.97. The van der Waals surface area contributed by atoms with Gasteiger partial charge in [-0.25, -0.2) is 4.98 Å². The molecule has 2 atom stereocenters. The van der Waals surface area contributed by atoms with Gasteiger partial charge in [0.25, 0.3) is 0 Å². The first-order valence-electron chi connectivity index (χ1n) is 6.14. The van der Waals surface area contributed by atoms with Gasteiger partial charge in [-0.3, -0.25) is 0 Å². The number of rotatable bonds is 5. The van der Waals surface area contributed by atoms with Crippen LogP contribution in [0, 0.1) is 5.92 Å². The Morgan fingerprint density at radius 3 is 2.61 bits per heavy atom. The monoisotopic (exact) mass is 278 g/mol. The number of halogens is 3. The summed E-state index contributed by atoms with van der Waals surface area (Å²) < 4.78 is 37.4. The quantitative estimate of drug-likeness (QED) is 0.889. The number of aromatic nitrogens is 1. The fraction of sp³-hybridized carbons (Fsp3) is 0.750. The predicted octanol–water partition coefficient (Wildman–Crippen LogP) is 3.65. The Labute approximate surface area is 109 Å². The Bertz CT molecular complexity index is 398. The molecule has 2 unspecified atom stereocenters. The predicted molar refractivity (Wildman–Crippen MR) is 65.7 cm³/mol. The van der Waals surface area contributed by atoms with E-state index in [-0.39, 0.29) is 5.92 Å². The first kappa shape index (κ1) is 13.8. The maximum Gasteiger partial charge on any atom is 0.443 e. The van der Waals surface area contributed by atoms with E-state index < -0.39 is 11.2 Å². The molecule has 1 saturated carbocycles. The molecule has 1 aromatic heterocycles. The molecule has 0 aliphatic heterocycles. The molecule has 1 N–H and O–H groups in total. The highest BCUT2D eigenvalue weighted by Crippen LogP contribution is 2.36. The molecule has 0 aromatic carbocycles. The second-order valence-electron chi connectivity index (χ2n) is 5.01. The molecule has 1 aliphatic rings. The van der Waals surface area contributed by atoms with E-state index in [4.69, 9.17) is 0 Å². The summed E-state index contributed by atoms with van der Waals surface area (Å²) in [7, 11) is 0. The SMILES string of the molecule is CC(CNC1CC1)C(C)c1cnc(C(F)(F)F)s1. The van der Waals surface area contributed by atoms with Gasteiger partial charge in [0, 0.05) is 17.1 Å². The average molecular weight is 278 g/mol. The molecule has 1 heterocycles. The molecule has 18 heavy (non-hydrogen) atoms. The molecular formula is C12H17F3N2S. The zero-order valence-electron chi connectivity index (χ0n) is 10.4. The van der Waals surface area contributed by atoms with Gasteiger partial charge in [-0.05, 0) is 31.2 Å². The Hall–Kier alpha value is -0.620. The minimum absolute atomic E-state index is 0.102. The molecule has 102 valence electrons. The lowest BCUT2D eigenvalue weighted by Crippen LogP contribution is -2.25. The van der Waals surface area contributed by atoms with Gasteiger partial charge in [0.15, 0.2) is 5.01 Å². The number of hydrogen-bond acceptors (Lipinski definition) is 3. The topological polar surface area (TPSA) is 24.9 Å². The lowest BCUT2D eigenvalue weighted by atomic mass is 9.95. The van der Waals surface area contributed by atoms with Crippen LogP contribution in [0.25, 0.3) is 0 Å². The van der Waals surface area contributed by atoms with Crippen molar-refractivity contribution in [1.82, 2.24) is 10.3 Å². The van der Waals surface area contributed by atoms with Crippen LogP contribution in [-0.4, -0.2) is 17.6 Å². The van der Waals surface area contributed by atoms with Crippen LogP contribution in [0.2, 0.25) is 0 Å². The van der Waals surface area contributed by atoms with Gasteiger partial charge in [-0.15, -0.1) is 11.3 Å². The minimum atomic E-state index is -4.32. The van der Waals surface area contributed by atoms with E-state index in [1.807, 2.05) is 6.92 Å². The van der Waals surface area contributed by atoms with Gasteiger partial charge in [0.05, 0.1) is 0 Å². The van der Waals surface area contributed by atoms with Crippen molar-refractivity contribution in [2.45, 2.75) is 44.8 Å². The number of nitrogens with one attached hydrogen (secondary N) is 1. The van der Waals surface area contributed by atoms with Crippen LogP contribution in [0.5, 0.6) is 0 Å². The first-order valence-corrected chi connectivity index (χ1v) is 6.96. The van der Waals surface area contributed by atoms with Gasteiger partial charge in [-0.1, -0.05) is 13.8 Å². The third kappa shape index (κ3) is 3.45. The molecule has 0 radical (unpaired) electrons. The number of hydrogen-bond donors (Lipinski definition) is 1. The van der Waals surface area contributed by atoms with Crippen molar-refractivity contribution in [3.8, 4) is 0 Å². The standard InChI is InChI=1S/C12H17F3N2S/c1-7(5-16-9-3-4-9)8(2)10-6-17-11(18-10)12(13,14)15/h6-9,16H,3-5H2,1-2H3. The van der Waals surface area contributed by atoms with Crippen molar-refractivity contribution < 1.29 is 13.2 Å². The fourth-order valence-corrected chi connectivity index (χ4v) is 2.69. The zero-order chi connectivity index (χ0) is 13.3. The Balaban J connectivity index is 1.94. The van der Waals surface area contributed by atoms with Crippen LogP contribution < -0.4 is 5.32 Å². The van der Waals surface area contributed by atoms with Crippen molar-refractivity contribution in [3.05, 3.63) is 16.1 Å². The molecule has 1 aromatic rings. The number of thiazole rings is 1. The molecule has 1 aliphatic carbocycles. The number of nitrogens with zero attached hydrogens (tertiary/aromatic N) is 1. The van der Waals surface area contributed by atoms with E-state index in [1.165, 1.54) is 19.0 Å². The molecule has 1 fully saturated rings. The van der Waals surface area contributed by atoms with Crippen molar-refractivity contribution in [2.75, 3.05) is 6.54 Å². The number of alkyl halides is 3. The molecule has 2 nitrogen and oxygen atoms in total. The summed E-state index contributed by atoms with van der Waals surface area (Å²) in [6.45, 7) is 4.88. The summed E-state index contributed by atoms with van der Waals surface area (Å²) in [6, 6.07) is 0.631. The first-order chi connectivity index (χ1) is 8.38. The maximum atomic E-state index is 12.5. The van der Waals surface area contributed by atoms with E-state index in [0.717, 1.165) is 17.9 Å². The third-order valence-corrected chi connectivity index (χ3v) is 4.62. The summed E-state index contributed by atoms with van der Waals surface area (Å²) in [5.41, 5.74) is 0. The van der Waals surface area contributed by atoms with Crippen molar-refractivity contribution >= 4 is 11.3 Å². The van der Waals surface area contributed by atoms with E-state index in [1.54, 1.807) is 0 Å². The van der Waals surface area contributed by atoms with Crippen LogP contribution in [0.1, 0.15) is 42.5 Å². The Morgan fingerprint density at radius 2 is 2.11 bits per heavy atom. The summed E-state index contributed by atoms with van der Waals surface area (Å²) in [5, 5.41) is 2.66. The Morgan fingerprint density at radius 1 is 1.44 bits per heavy atom. The van der Waals surface area contributed by atoms with Crippen LogP contribution in [0.4, 0.5) is 13.2 Å². The smallest absolute Gasteiger partial charge is 0.314 e. The Kier molecular flexibility index (Phi) is 3.96. The summed E-state index contributed by atoms with van der Waals surface area (Å²) in [5.74, 6) is 0.414. The van der Waals surface area contributed by atoms with Crippen LogP contribution in [-0.2, 0) is 6.18 Å². The second-order valence-corrected chi connectivity index (χ2v) is 6.08. The highest BCUT2D eigenvalue weighted by Gasteiger charge is 2.35. The van der Waals surface area contributed by atoms with Gasteiger partial charge >= 0.3 is 6.18 Å². The lowest BCUT2D eigenvalue weighted by Gasteiger charge is -2.18. The van der Waals surface area contributed by atoms with Crippen molar-refractivity contribution in [2.24, 2.45) is 5.92 Å². The highest BCUT2D eigenvalue weighted by atomic mass is 32.1. The zero-order valence-corrected chi connectivity index (χ0v) is 11.2. The van der Waals surface area contributed by atoms with Crippen LogP contribution >= 0.6 is 11.3 Å². The fourth-order valence-electron chi connectivity index (χ4n) is 1.73. The lowest BCUT2D eigenvalue weighted by molar-refractivity contribution is -0.137. The van der Waals surface area contributed by atoms with Gasteiger partial charge < -0.3 is 5.32 Å². The van der Waals surface area contributed by atoms with Crippen molar-refractivity contribution in [1.29, 1.82) is 0 Å². The minimum Gasteiger partial charge on any atom is -0.314 e. The van der Waals surface area contributed by atoms with E-state index in [9.17, 15) is 13.2 Å². The second kappa shape index (κ2) is 5.17. The van der Waals surface area contributed by atoms with Crippen LogP contribution in [0.15, 0.2) is 6.20 Å². The van der Waals surface area contributed by atoms with Gasteiger partial charge in [0.2, 0.25) is 0 Å². The van der Waals surface area contributed by atoms with Gasteiger partial charge in [0.1, 0.15) is 0 Å². The molecule has 6 heteroatoms. The largest absolute Gasteiger partial charge is 0.443 e. The molecular weight excluding hydrogens is 261 g/mol. The van der Waals surface area contributed by atoms with E-state index >= 15 is 0 Å². The van der Waals surface area contributed by atoms with Crippen molar-refractivity contribution in [3.63, 3.8) is 0 Å². The summed E-state index contributed by atoms with van der Waals surface area (Å²) in [6.07, 6.45) is -0.510. The normalized spacial score (nSPS) is 19.8. The van der Waals surface area contributed by atoms with E-state index in [0.29, 0.717) is 16.8 Å². The molecule has 0 bridgehead atoms. The van der Waals surface area contributed by atoms with Gasteiger partial charge in [-0.2, -0.15) is 13.2 Å². The highest BCUT2D eigenvalue weighted by molar-refractivity contribution is 7.11. The maximum absolute atomic E-state index is 12.5. The molecule has 2 rings (SSSR count). The molecule has 0 spiro atoms. The van der Waals surface area contributed by atoms with Crippen LogP contribution in [0.3, 0.4) is 0 Å². The third-order valence-electron chi connectivity index (χ3n) is 3.37. The summed E-state index contributed by atoms with van der Waals surface area (Å²) in [4.78, 5) is 4.19. The molecule has 0 saturated heterocycles. The molecule has 0 amide bonds. The summed E-state index contributed by atoms with van der Waals surface area (Å²) >= 11 is 0.762. The van der Waals surface area contributed by atoms with E-state index in [2.05, 4.69) is 17.2 Å².